The molecule has 2 heterocycles. The Morgan fingerprint density at radius 1 is 1.21 bits per heavy atom. The summed E-state index contributed by atoms with van der Waals surface area (Å²) in [6, 6.07) is 0. The van der Waals surface area contributed by atoms with Gasteiger partial charge in [0, 0.05) is 0 Å². The topological polar surface area (TPSA) is 121 Å². The number of aryl methyl sites for hydroxylation is 1. The molecule has 0 atom stereocenters. The molecule has 8 nitrogen and oxygen atoms in total. The van der Waals surface area contributed by atoms with Crippen molar-refractivity contribution in [3.63, 3.8) is 0 Å². The first-order chi connectivity index (χ1) is 6.68. The highest BCUT2D eigenvalue weighted by molar-refractivity contribution is 5.63. The maximum atomic E-state index is 5.60. The predicted octanol–water partition coefficient (Wildman–Crippen LogP) is -1.07. The molecule has 0 saturated carbocycles. The minimum absolute atomic E-state index is 0.218. The molecule has 0 aromatic carbocycles. The Bertz CT molecular complexity index is 440. The van der Waals surface area contributed by atoms with E-state index < -0.39 is 0 Å². The minimum atomic E-state index is 0.218. The van der Waals surface area contributed by atoms with Crippen molar-refractivity contribution in [1.29, 1.82) is 0 Å². The van der Waals surface area contributed by atoms with Crippen LogP contribution in [-0.2, 0) is 0 Å². The number of rotatable bonds is 1. The third kappa shape index (κ3) is 1.22. The van der Waals surface area contributed by atoms with Gasteiger partial charge in [0.2, 0.25) is 0 Å². The SMILES string of the molecule is Cc1nnn(-c2c(N)ncnc2N)n1. The molecule has 0 radical (unpaired) electrons. The fraction of sp³-hybridized carbons (Fsp3) is 0.167. The van der Waals surface area contributed by atoms with Crippen molar-refractivity contribution in [1.82, 2.24) is 30.2 Å². The van der Waals surface area contributed by atoms with Crippen LogP contribution in [0.5, 0.6) is 0 Å². The van der Waals surface area contributed by atoms with Crippen molar-refractivity contribution in [2.24, 2.45) is 0 Å². The van der Waals surface area contributed by atoms with Crippen molar-refractivity contribution in [3.05, 3.63) is 12.2 Å². The van der Waals surface area contributed by atoms with Gasteiger partial charge in [0.15, 0.2) is 23.1 Å². The minimum Gasteiger partial charge on any atom is -0.382 e. The molecule has 0 aliphatic carbocycles. The van der Waals surface area contributed by atoms with Gasteiger partial charge >= 0.3 is 0 Å². The van der Waals surface area contributed by atoms with Crippen molar-refractivity contribution < 1.29 is 0 Å². The zero-order valence-electron chi connectivity index (χ0n) is 7.42. The molecule has 8 heteroatoms. The molecule has 2 aromatic heterocycles. The molecule has 14 heavy (non-hydrogen) atoms. The molecule has 0 bridgehead atoms. The lowest BCUT2D eigenvalue weighted by Gasteiger charge is -2.03. The van der Waals surface area contributed by atoms with Crippen LogP contribution in [0.1, 0.15) is 5.82 Å². The molecular weight excluding hydrogens is 184 g/mol. The first kappa shape index (κ1) is 8.35. The van der Waals surface area contributed by atoms with Crippen LogP contribution in [0.25, 0.3) is 5.69 Å². The van der Waals surface area contributed by atoms with Crippen LogP contribution >= 0.6 is 0 Å². The largest absolute Gasteiger partial charge is 0.382 e. The summed E-state index contributed by atoms with van der Waals surface area (Å²) in [5.74, 6) is 0.956. The zero-order valence-corrected chi connectivity index (χ0v) is 7.42. The van der Waals surface area contributed by atoms with Crippen LogP contribution in [0.15, 0.2) is 6.33 Å². The number of aromatic nitrogens is 6. The second kappa shape index (κ2) is 2.91. The number of nitrogen functional groups attached to an aromatic ring is 2. The molecule has 72 valence electrons. The van der Waals surface area contributed by atoms with Crippen molar-refractivity contribution in [2.75, 3.05) is 11.5 Å². The van der Waals surface area contributed by atoms with E-state index in [9.17, 15) is 0 Å². The molecule has 0 aliphatic rings. The van der Waals surface area contributed by atoms with E-state index in [1.165, 1.54) is 11.1 Å². The molecule has 4 N–H and O–H groups in total. The normalized spacial score (nSPS) is 10.4. The summed E-state index contributed by atoms with van der Waals surface area (Å²) in [5.41, 5.74) is 11.6. The smallest absolute Gasteiger partial charge is 0.172 e. The molecule has 2 aromatic rings. The first-order valence-corrected chi connectivity index (χ1v) is 3.81. The van der Waals surface area contributed by atoms with Crippen LogP contribution in [0.2, 0.25) is 0 Å². The number of hydrogen-bond donors (Lipinski definition) is 2. The molecule has 0 aliphatic heterocycles. The van der Waals surface area contributed by atoms with Gasteiger partial charge in [-0.05, 0) is 12.1 Å². The van der Waals surface area contributed by atoms with Crippen LogP contribution < -0.4 is 11.5 Å². The lowest BCUT2D eigenvalue weighted by atomic mass is 10.4. The quantitative estimate of drug-likeness (QED) is 0.589. The van der Waals surface area contributed by atoms with Crippen LogP contribution in [-0.4, -0.2) is 30.2 Å². The fourth-order valence-corrected chi connectivity index (χ4v) is 0.991. The molecule has 0 spiro atoms. The molecule has 0 saturated heterocycles. The number of tetrazole rings is 1. The summed E-state index contributed by atoms with van der Waals surface area (Å²) in [6.45, 7) is 1.71. The Morgan fingerprint density at radius 2 is 1.86 bits per heavy atom. The van der Waals surface area contributed by atoms with E-state index in [0.717, 1.165) is 0 Å². The monoisotopic (exact) mass is 192 g/mol. The third-order valence-corrected chi connectivity index (χ3v) is 1.59. The highest BCUT2D eigenvalue weighted by Gasteiger charge is 2.11. The number of nitrogens with two attached hydrogens (primary N) is 2. The summed E-state index contributed by atoms with van der Waals surface area (Å²) in [6.07, 6.45) is 1.28. The lowest BCUT2D eigenvalue weighted by Crippen LogP contribution is -2.10. The Balaban J connectivity index is 2.61. The van der Waals surface area contributed by atoms with Gasteiger partial charge in [-0.2, -0.15) is 0 Å². The molecule has 0 fully saturated rings. The Kier molecular flexibility index (Phi) is 1.73. The lowest BCUT2D eigenvalue weighted by molar-refractivity contribution is 0.717. The van der Waals surface area contributed by atoms with Crippen LogP contribution in [0.4, 0.5) is 11.6 Å². The summed E-state index contributed by atoms with van der Waals surface area (Å²) in [5, 5.41) is 11.4. The van der Waals surface area contributed by atoms with Gasteiger partial charge in [-0.1, -0.05) is 0 Å². The maximum absolute atomic E-state index is 5.60. The second-order valence-corrected chi connectivity index (χ2v) is 2.62. The average molecular weight is 192 g/mol. The third-order valence-electron chi connectivity index (χ3n) is 1.59. The van der Waals surface area contributed by atoms with Gasteiger partial charge in [-0.25, -0.2) is 9.97 Å². The Hall–Kier alpha value is -2.25. The van der Waals surface area contributed by atoms with Gasteiger partial charge in [0.25, 0.3) is 0 Å². The van der Waals surface area contributed by atoms with E-state index in [-0.39, 0.29) is 11.6 Å². The van der Waals surface area contributed by atoms with E-state index in [1.54, 1.807) is 6.92 Å². The summed E-state index contributed by atoms with van der Waals surface area (Å²) in [4.78, 5) is 8.78. The van der Waals surface area contributed by atoms with Crippen molar-refractivity contribution >= 4 is 11.6 Å². The maximum Gasteiger partial charge on any atom is 0.172 e. The van der Waals surface area contributed by atoms with E-state index in [2.05, 4.69) is 25.4 Å². The molecular formula is C6H8N8. The van der Waals surface area contributed by atoms with E-state index >= 15 is 0 Å². The van der Waals surface area contributed by atoms with Gasteiger partial charge in [-0.3, -0.25) is 0 Å². The number of nitrogens with zero attached hydrogens (tertiary/aromatic N) is 6. The summed E-state index contributed by atoms with van der Waals surface area (Å²) >= 11 is 0. The van der Waals surface area contributed by atoms with Gasteiger partial charge in [-0.15, -0.1) is 15.0 Å². The average Bonchev–Trinajstić information content (AvgIpc) is 2.51. The first-order valence-electron chi connectivity index (χ1n) is 3.81. The van der Waals surface area contributed by atoms with E-state index in [0.29, 0.717) is 11.5 Å². The van der Waals surface area contributed by atoms with Crippen molar-refractivity contribution in [2.45, 2.75) is 6.92 Å². The number of anilines is 2. The summed E-state index contributed by atoms with van der Waals surface area (Å²) in [7, 11) is 0. The van der Waals surface area contributed by atoms with Gasteiger partial charge in [0.1, 0.15) is 6.33 Å². The summed E-state index contributed by atoms with van der Waals surface area (Å²) < 4.78 is 0. The fourth-order valence-electron chi connectivity index (χ4n) is 0.991. The van der Waals surface area contributed by atoms with Gasteiger partial charge in [0.05, 0.1) is 0 Å². The second-order valence-electron chi connectivity index (χ2n) is 2.62. The number of hydrogen-bond acceptors (Lipinski definition) is 7. The van der Waals surface area contributed by atoms with Crippen molar-refractivity contribution in [3.8, 4) is 5.69 Å². The molecule has 0 amide bonds. The van der Waals surface area contributed by atoms with E-state index in [1.807, 2.05) is 0 Å². The highest BCUT2D eigenvalue weighted by atomic mass is 15.6. The Morgan fingerprint density at radius 3 is 2.36 bits per heavy atom. The van der Waals surface area contributed by atoms with Gasteiger partial charge < -0.3 is 11.5 Å². The standard InChI is InChI=1S/C6H8N8/c1-3-11-13-14(12-3)4-5(7)9-2-10-6(4)8/h2H,1H3,(H4,7,8,9,10). The van der Waals surface area contributed by atoms with E-state index in [4.69, 9.17) is 11.5 Å². The highest BCUT2D eigenvalue weighted by Crippen LogP contribution is 2.16. The molecule has 2 rings (SSSR count). The predicted molar refractivity (Wildman–Crippen MR) is 48.3 cm³/mol. The molecule has 0 unspecified atom stereocenters. The zero-order chi connectivity index (χ0) is 10.1. The van der Waals surface area contributed by atoms with Crippen LogP contribution in [0.3, 0.4) is 0 Å². The van der Waals surface area contributed by atoms with Crippen LogP contribution in [0, 0.1) is 6.92 Å². The Labute approximate surface area is 79.0 Å².